The topological polar surface area (TPSA) is 75.6 Å². The lowest BCUT2D eigenvalue weighted by Gasteiger charge is -2.33. The van der Waals surface area contributed by atoms with Gasteiger partial charge in [0.2, 0.25) is 0 Å². The molecule has 0 heterocycles. The van der Waals surface area contributed by atoms with Crippen LogP contribution in [0.15, 0.2) is 72.8 Å². The number of fused-ring (bicyclic) bond motifs is 3. The van der Waals surface area contributed by atoms with Gasteiger partial charge in [-0.15, -0.1) is 0 Å². The zero-order valence-corrected chi connectivity index (χ0v) is 17.5. The minimum Gasteiger partial charge on any atom is -0.479 e. The van der Waals surface area contributed by atoms with Gasteiger partial charge in [-0.3, -0.25) is 5.32 Å². The summed E-state index contributed by atoms with van der Waals surface area (Å²) in [5.74, 6) is -2.63. The molecule has 1 aliphatic carbocycles. The average Bonchev–Trinajstić information content (AvgIpc) is 3.09. The Labute approximate surface area is 187 Å². The summed E-state index contributed by atoms with van der Waals surface area (Å²) in [6.45, 7) is 1.10. The molecule has 0 aliphatic heterocycles. The Kier molecular flexibility index (Phi) is 5.61. The molecule has 0 spiro atoms. The Bertz CT molecular complexity index is 1180. The number of halogens is 3. The lowest BCUT2D eigenvalue weighted by atomic mass is 9.86. The Morgan fingerprint density at radius 2 is 1.42 bits per heavy atom. The molecular weight excluding hydrogens is 435 g/mol. The second-order valence-electron chi connectivity index (χ2n) is 7.82. The minimum absolute atomic E-state index is 0.0659. The van der Waals surface area contributed by atoms with E-state index in [1.165, 1.54) is 25.1 Å². The normalized spacial score (nSPS) is 14.7. The Hall–Kier alpha value is -3.81. The van der Waals surface area contributed by atoms with E-state index in [0.717, 1.165) is 28.3 Å². The number of carbonyl (C=O) groups excluding carboxylic acids is 1. The van der Waals surface area contributed by atoms with E-state index in [9.17, 15) is 27.9 Å². The number of hydrogen-bond acceptors (Lipinski definition) is 3. The molecule has 0 saturated heterocycles. The van der Waals surface area contributed by atoms with Gasteiger partial charge in [-0.25, -0.2) is 9.59 Å². The number of carboxylic acid groups (broad SMARTS) is 1. The van der Waals surface area contributed by atoms with Crippen LogP contribution in [-0.2, 0) is 15.1 Å². The number of nitrogens with one attached hydrogen (secondary N) is 1. The molecular formula is C25H20F3NO4. The molecule has 1 unspecified atom stereocenters. The van der Waals surface area contributed by atoms with Crippen molar-refractivity contribution < 1.29 is 32.6 Å². The highest BCUT2D eigenvalue weighted by Crippen LogP contribution is 2.45. The number of benzene rings is 3. The summed E-state index contributed by atoms with van der Waals surface area (Å²) in [7, 11) is 0. The van der Waals surface area contributed by atoms with E-state index in [1.54, 1.807) is 5.32 Å². The van der Waals surface area contributed by atoms with Gasteiger partial charge in [-0.1, -0.05) is 72.8 Å². The van der Waals surface area contributed by atoms with Crippen molar-refractivity contribution >= 4 is 12.1 Å². The number of carboxylic acids is 1. The third-order valence-corrected chi connectivity index (χ3v) is 5.93. The first-order valence-electron chi connectivity index (χ1n) is 10.2. The molecule has 0 saturated carbocycles. The van der Waals surface area contributed by atoms with Crippen molar-refractivity contribution in [1.82, 2.24) is 5.32 Å². The summed E-state index contributed by atoms with van der Waals surface area (Å²) in [6.07, 6.45) is -6.80. The summed E-state index contributed by atoms with van der Waals surface area (Å²) in [6, 6.07) is 20.1. The number of hydrogen-bond donors (Lipinski definition) is 2. The SMILES string of the molecule is Cc1ccccc1C(NC(=O)OCC1c2ccccc2-c2ccccc21)(C(=O)O)C(F)(F)F. The van der Waals surface area contributed by atoms with Crippen LogP contribution >= 0.6 is 0 Å². The van der Waals surface area contributed by atoms with Crippen LogP contribution in [0.1, 0.15) is 28.2 Å². The van der Waals surface area contributed by atoms with Crippen LogP contribution in [0.25, 0.3) is 11.1 Å². The van der Waals surface area contributed by atoms with Crippen LogP contribution < -0.4 is 5.32 Å². The molecule has 4 rings (SSSR count). The lowest BCUT2D eigenvalue weighted by molar-refractivity contribution is -0.211. The predicted octanol–water partition coefficient (Wildman–Crippen LogP) is 5.38. The standard InChI is InChI=1S/C25H20F3NO4/c1-15-8-2-7-13-21(15)24(22(30)31,25(26,27)28)29-23(32)33-14-20-18-11-5-3-9-16(18)17-10-4-6-12-19(17)20/h2-13,20H,14H2,1H3,(H,29,32)(H,30,31). The van der Waals surface area contributed by atoms with Crippen LogP contribution in [0, 0.1) is 6.92 Å². The van der Waals surface area contributed by atoms with E-state index in [0.29, 0.717) is 0 Å². The minimum atomic E-state index is -5.32. The van der Waals surface area contributed by atoms with Gasteiger partial charge in [0.25, 0.3) is 5.54 Å². The number of rotatable bonds is 5. The van der Waals surface area contributed by atoms with E-state index in [-0.39, 0.29) is 18.1 Å². The van der Waals surface area contributed by atoms with Gasteiger partial charge in [-0.2, -0.15) is 13.2 Å². The molecule has 0 bridgehead atoms. The van der Waals surface area contributed by atoms with Crippen LogP contribution in [0.4, 0.5) is 18.0 Å². The zero-order valence-electron chi connectivity index (χ0n) is 17.5. The van der Waals surface area contributed by atoms with Crippen molar-refractivity contribution in [3.8, 4) is 11.1 Å². The molecule has 170 valence electrons. The molecule has 0 aromatic heterocycles. The van der Waals surface area contributed by atoms with E-state index in [2.05, 4.69) is 0 Å². The van der Waals surface area contributed by atoms with E-state index in [1.807, 2.05) is 48.5 Å². The van der Waals surface area contributed by atoms with Gasteiger partial charge in [0.1, 0.15) is 6.61 Å². The van der Waals surface area contributed by atoms with Crippen molar-refractivity contribution in [2.75, 3.05) is 6.61 Å². The van der Waals surface area contributed by atoms with E-state index >= 15 is 0 Å². The van der Waals surface area contributed by atoms with Crippen LogP contribution in [-0.4, -0.2) is 30.0 Å². The fourth-order valence-electron chi connectivity index (χ4n) is 4.36. The van der Waals surface area contributed by atoms with Crippen LogP contribution in [0.5, 0.6) is 0 Å². The maximum atomic E-state index is 14.1. The maximum absolute atomic E-state index is 14.1. The molecule has 33 heavy (non-hydrogen) atoms. The first-order valence-corrected chi connectivity index (χ1v) is 10.2. The monoisotopic (exact) mass is 455 g/mol. The van der Waals surface area contributed by atoms with Crippen molar-refractivity contribution in [3.63, 3.8) is 0 Å². The van der Waals surface area contributed by atoms with Crippen molar-refractivity contribution in [2.24, 2.45) is 0 Å². The smallest absolute Gasteiger partial charge is 0.426 e. The number of aliphatic carboxylic acids is 1. The fraction of sp³-hybridized carbons (Fsp3) is 0.200. The molecule has 0 radical (unpaired) electrons. The number of amides is 1. The molecule has 3 aromatic rings. The van der Waals surface area contributed by atoms with Gasteiger partial charge in [0, 0.05) is 11.5 Å². The number of ether oxygens (including phenoxy) is 1. The molecule has 8 heteroatoms. The second kappa shape index (κ2) is 8.27. The number of aryl methyl sites for hydroxylation is 1. The van der Waals surface area contributed by atoms with E-state index < -0.39 is 29.3 Å². The molecule has 1 amide bonds. The fourth-order valence-corrected chi connectivity index (χ4v) is 4.36. The number of alkyl halides is 3. The molecule has 3 aromatic carbocycles. The zero-order chi connectivity index (χ0) is 23.8. The first kappa shape index (κ1) is 22.4. The summed E-state index contributed by atoms with van der Waals surface area (Å²) < 4.78 is 47.6. The maximum Gasteiger partial charge on any atom is 0.426 e. The van der Waals surface area contributed by atoms with Gasteiger partial charge < -0.3 is 9.84 Å². The van der Waals surface area contributed by atoms with E-state index in [4.69, 9.17) is 4.74 Å². The second-order valence-corrected chi connectivity index (χ2v) is 7.82. The van der Waals surface area contributed by atoms with Gasteiger partial charge in [0.05, 0.1) is 0 Å². The Morgan fingerprint density at radius 3 is 1.94 bits per heavy atom. The molecule has 0 fully saturated rings. The predicted molar refractivity (Wildman–Crippen MR) is 115 cm³/mol. The van der Waals surface area contributed by atoms with Crippen molar-refractivity contribution in [1.29, 1.82) is 0 Å². The van der Waals surface area contributed by atoms with Crippen LogP contribution in [0.3, 0.4) is 0 Å². The van der Waals surface area contributed by atoms with Crippen LogP contribution in [0.2, 0.25) is 0 Å². The molecule has 1 aliphatic rings. The third kappa shape index (κ3) is 3.71. The average molecular weight is 455 g/mol. The van der Waals surface area contributed by atoms with Gasteiger partial charge >= 0.3 is 18.2 Å². The largest absolute Gasteiger partial charge is 0.479 e. The number of carbonyl (C=O) groups is 2. The summed E-state index contributed by atoms with van der Waals surface area (Å²) in [4.78, 5) is 24.5. The highest BCUT2D eigenvalue weighted by Gasteiger charge is 2.64. The summed E-state index contributed by atoms with van der Waals surface area (Å²) in [5.41, 5.74) is -0.499. The van der Waals surface area contributed by atoms with Gasteiger partial charge in [0.15, 0.2) is 0 Å². The Balaban J connectivity index is 1.62. The lowest BCUT2D eigenvalue weighted by Crippen LogP contribution is -2.61. The van der Waals surface area contributed by atoms with Gasteiger partial charge in [-0.05, 0) is 34.7 Å². The molecule has 1 atom stereocenters. The molecule has 5 nitrogen and oxygen atoms in total. The Morgan fingerprint density at radius 1 is 0.909 bits per heavy atom. The molecule has 2 N–H and O–H groups in total. The third-order valence-electron chi connectivity index (χ3n) is 5.93. The first-order chi connectivity index (χ1) is 15.7. The summed E-state index contributed by atoms with van der Waals surface area (Å²) >= 11 is 0. The van der Waals surface area contributed by atoms with Crippen molar-refractivity contribution in [3.05, 3.63) is 95.1 Å². The summed E-state index contributed by atoms with van der Waals surface area (Å²) in [5, 5.41) is 11.2. The quantitative estimate of drug-likeness (QED) is 0.542. The van der Waals surface area contributed by atoms with Crippen molar-refractivity contribution in [2.45, 2.75) is 24.6 Å². The highest BCUT2D eigenvalue weighted by atomic mass is 19.4. The highest BCUT2D eigenvalue weighted by molar-refractivity contribution is 5.87. The number of alkyl carbamates (subject to hydrolysis) is 1.